The third-order valence-corrected chi connectivity index (χ3v) is 3.94. The van der Waals surface area contributed by atoms with E-state index in [1.54, 1.807) is 0 Å². The van der Waals surface area contributed by atoms with Crippen LogP contribution in [-0.2, 0) is 13.0 Å². The lowest BCUT2D eigenvalue weighted by atomic mass is 10.1. The molecule has 0 aliphatic heterocycles. The van der Waals surface area contributed by atoms with Crippen LogP contribution in [0.4, 0.5) is 5.82 Å². The van der Waals surface area contributed by atoms with Crippen LogP contribution in [0.15, 0.2) is 12.1 Å². The molecule has 0 fully saturated rings. The van der Waals surface area contributed by atoms with Crippen molar-refractivity contribution < 1.29 is 0 Å². The van der Waals surface area contributed by atoms with E-state index in [-0.39, 0.29) is 0 Å². The third-order valence-electron chi connectivity index (χ3n) is 3.94. The monoisotopic (exact) mass is 291 g/mol. The van der Waals surface area contributed by atoms with Crippen LogP contribution in [0.3, 0.4) is 0 Å². The lowest BCUT2D eigenvalue weighted by Gasteiger charge is -2.29. The second-order valence-corrected chi connectivity index (χ2v) is 5.79. The quantitative estimate of drug-likeness (QED) is 0.656. The van der Waals surface area contributed by atoms with Gasteiger partial charge in [0.2, 0.25) is 0 Å². The Hall–Kier alpha value is -1.09. The van der Waals surface area contributed by atoms with Gasteiger partial charge in [-0.2, -0.15) is 0 Å². The van der Waals surface area contributed by atoms with Gasteiger partial charge < -0.3 is 10.2 Å². The maximum atomic E-state index is 4.89. The fraction of sp³-hybridized carbons (Fsp3) is 0.722. The van der Waals surface area contributed by atoms with E-state index in [1.807, 2.05) is 0 Å². The lowest BCUT2D eigenvalue weighted by molar-refractivity contribution is 0.619. The van der Waals surface area contributed by atoms with Gasteiger partial charge >= 0.3 is 0 Å². The molecule has 0 radical (unpaired) electrons. The summed E-state index contributed by atoms with van der Waals surface area (Å²) >= 11 is 0. The van der Waals surface area contributed by atoms with Gasteiger partial charge in [-0.05, 0) is 57.4 Å². The molecule has 3 nitrogen and oxygen atoms in total. The molecular weight excluding hydrogens is 258 g/mol. The molecule has 1 rings (SSSR count). The molecule has 3 heteroatoms. The smallest absolute Gasteiger partial charge is 0.129 e. The van der Waals surface area contributed by atoms with Gasteiger partial charge in [-0.25, -0.2) is 4.98 Å². The van der Waals surface area contributed by atoms with Crippen molar-refractivity contribution in [2.75, 3.05) is 18.0 Å². The molecule has 1 heterocycles. The maximum absolute atomic E-state index is 4.89. The zero-order valence-corrected chi connectivity index (χ0v) is 14.6. The van der Waals surface area contributed by atoms with Crippen LogP contribution in [0.25, 0.3) is 0 Å². The van der Waals surface area contributed by atoms with Crippen molar-refractivity contribution in [3.05, 3.63) is 23.4 Å². The molecule has 1 N–H and O–H groups in total. The predicted molar refractivity (Wildman–Crippen MR) is 93.0 cm³/mol. The van der Waals surface area contributed by atoms with Gasteiger partial charge in [0.25, 0.3) is 0 Å². The number of nitrogens with one attached hydrogen (secondary N) is 1. The summed E-state index contributed by atoms with van der Waals surface area (Å²) < 4.78 is 0. The number of hydrogen-bond donors (Lipinski definition) is 1. The number of nitrogens with zero attached hydrogens (tertiary/aromatic N) is 2. The molecule has 1 unspecified atom stereocenters. The minimum atomic E-state index is 0.538. The zero-order valence-electron chi connectivity index (χ0n) is 14.6. The summed E-state index contributed by atoms with van der Waals surface area (Å²) in [6.45, 7) is 14.2. The van der Waals surface area contributed by atoms with Crippen molar-refractivity contribution in [2.24, 2.45) is 0 Å². The van der Waals surface area contributed by atoms with Crippen LogP contribution in [-0.4, -0.2) is 24.1 Å². The summed E-state index contributed by atoms with van der Waals surface area (Å²) in [5, 5.41) is 3.50. The van der Waals surface area contributed by atoms with Crippen LogP contribution < -0.4 is 10.2 Å². The van der Waals surface area contributed by atoms with Gasteiger partial charge in [0, 0.05) is 24.8 Å². The minimum absolute atomic E-state index is 0.538. The standard InChI is InChI=1S/C18H33N3/c1-6-10-17-12-16(14-19-11-7-2)13-18(20-17)21(9-4)15(5)8-3/h12-13,15,19H,6-11,14H2,1-5H3. The van der Waals surface area contributed by atoms with E-state index in [0.717, 1.165) is 44.7 Å². The van der Waals surface area contributed by atoms with Gasteiger partial charge in [0.05, 0.1) is 0 Å². The fourth-order valence-corrected chi connectivity index (χ4v) is 2.60. The summed E-state index contributed by atoms with van der Waals surface area (Å²) in [6.07, 6.45) is 4.53. The summed E-state index contributed by atoms with van der Waals surface area (Å²) in [6, 6.07) is 5.06. The molecule has 1 aromatic rings. The van der Waals surface area contributed by atoms with Crippen LogP contribution in [0.1, 0.15) is 65.1 Å². The molecule has 0 aliphatic carbocycles. The molecule has 1 aromatic heterocycles. The van der Waals surface area contributed by atoms with E-state index >= 15 is 0 Å². The largest absolute Gasteiger partial charge is 0.354 e. The Kier molecular flexibility index (Phi) is 8.36. The van der Waals surface area contributed by atoms with Gasteiger partial charge in [0.15, 0.2) is 0 Å². The molecule has 1 atom stereocenters. The molecule has 120 valence electrons. The van der Waals surface area contributed by atoms with Crippen molar-refractivity contribution in [3.63, 3.8) is 0 Å². The van der Waals surface area contributed by atoms with Gasteiger partial charge in [-0.1, -0.05) is 27.2 Å². The number of rotatable bonds is 10. The molecule has 0 saturated carbocycles. The number of pyridine rings is 1. The Bertz CT molecular complexity index is 403. The average molecular weight is 291 g/mol. The molecule has 0 saturated heterocycles. The topological polar surface area (TPSA) is 28.2 Å². The normalized spacial score (nSPS) is 12.4. The first-order valence-electron chi connectivity index (χ1n) is 8.63. The highest BCUT2D eigenvalue weighted by Gasteiger charge is 2.14. The SMILES string of the molecule is CCCNCc1cc(CCC)nc(N(CC)C(C)CC)c1. The number of aryl methyl sites for hydroxylation is 1. The molecule has 0 amide bonds. The van der Waals surface area contributed by atoms with E-state index in [1.165, 1.54) is 17.7 Å². The summed E-state index contributed by atoms with van der Waals surface area (Å²) in [5.74, 6) is 1.14. The van der Waals surface area contributed by atoms with Crippen molar-refractivity contribution in [3.8, 4) is 0 Å². The van der Waals surface area contributed by atoms with Crippen molar-refractivity contribution in [1.82, 2.24) is 10.3 Å². The number of anilines is 1. The van der Waals surface area contributed by atoms with E-state index in [2.05, 4.69) is 57.0 Å². The Labute approximate surface area is 131 Å². The number of hydrogen-bond acceptors (Lipinski definition) is 3. The summed E-state index contributed by atoms with van der Waals surface area (Å²) in [4.78, 5) is 7.31. The molecule has 21 heavy (non-hydrogen) atoms. The molecule has 0 bridgehead atoms. The minimum Gasteiger partial charge on any atom is -0.354 e. The fourth-order valence-electron chi connectivity index (χ4n) is 2.60. The third kappa shape index (κ3) is 5.66. The van der Waals surface area contributed by atoms with E-state index in [9.17, 15) is 0 Å². The zero-order chi connectivity index (χ0) is 15.7. The van der Waals surface area contributed by atoms with Crippen LogP contribution in [0.2, 0.25) is 0 Å². The Morgan fingerprint density at radius 3 is 2.48 bits per heavy atom. The Morgan fingerprint density at radius 1 is 1.14 bits per heavy atom. The molecule has 0 spiro atoms. The molecule has 0 aromatic carbocycles. The van der Waals surface area contributed by atoms with E-state index < -0.39 is 0 Å². The molecule has 0 aliphatic rings. The lowest BCUT2D eigenvalue weighted by Crippen LogP contribution is -2.33. The van der Waals surface area contributed by atoms with Crippen LogP contribution in [0, 0.1) is 0 Å². The van der Waals surface area contributed by atoms with Crippen LogP contribution >= 0.6 is 0 Å². The van der Waals surface area contributed by atoms with Crippen LogP contribution in [0.5, 0.6) is 0 Å². The highest BCUT2D eigenvalue weighted by atomic mass is 15.2. The van der Waals surface area contributed by atoms with Crippen molar-refractivity contribution in [1.29, 1.82) is 0 Å². The first-order chi connectivity index (χ1) is 10.2. The second kappa shape index (κ2) is 9.78. The Balaban J connectivity index is 2.99. The highest BCUT2D eigenvalue weighted by Crippen LogP contribution is 2.19. The first kappa shape index (κ1) is 18.0. The van der Waals surface area contributed by atoms with Gasteiger partial charge in [-0.15, -0.1) is 0 Å². The van der Waals surface area contributed by atoms with Gasteiger partial charge in [-0.3, -0.25) is 0 Å². The maximum Gasteiger partial charge on any atom is 0.129 e. The second-order valence-electron chi connectivity index (χ2n) is 5.79. The summed E-state index contributed by atoms with van der Waals surface area (Å²) in [5.41, 5.74) is 2.59. The number of aromatic nitrogens is 1. The first-order valence-corrected chi connectivity index (χ1v) is 8.63. The van der Waals surface area contributed by atoms with E-state index in [0.29, 0.717) is 6.04 Å². The van der Waals surface area contributed by atoms with Gasteiger partial charge in [0.1, 0.15) is 5.82 Å². The van der Waals surface area contributed by atoms with Crippen molar-refractivity contribution >= 4 is 5.82 Å². The Morgan fingerprint density at radius 2 is 1.90 bits per heavy atom. The van der Waals surface area contributed by atoms with Crippen molar-refractivity contribution in [2.45, 2.75) is 72.9 Å². The summed E-state index contributed by atoms with van der Waals surface area (Å²) in [7, 11) is 0. The average Bonchev–Trinajstić information content (AvgIpc) is 2.48. The van der Waals surface area contributed by atoms with E-state index in [4.69, 9.17) is 4.98 Å². The predicted octanol–water partition coefficient (Wildman–Crippen LogP) is 4.16. The highest BCUT2D eigenvalue weighted by molar-refractivity contribution is 5.43. The molecular formula is C18H33N3.